The zero-order valence-electron chi connectivity index (χ0n) is 20.6. The molecule has 0 unspecified atom stereocenters. The summed E-state index contributed by atoms with van der Waals surface area (Å²) in [6.07, 6.45) is 1.82. The minimum absolute atomic E-state index is 0.232. The van der Waals surface area contributed by atoms with Crippen LogP contribution in [0.5, 0.6) is 0 Å². The smallest absolute Gasteiger partial charge is 0.340 e. The number of carbonyl (C=O) groups excluding carboxylic acids is 2. The number of nitrogens with zero attached hydrogens (tertiary/aromatic N) is 2. The van der Waals surface area contributed by atoms with Crippen LogP contribution in [0.15, 0.2) is 71.4 Å². The Labute approximate surface area is 201 Å². The highest BCUT2D eigenvalue weighted by atomic mass is 16.5. The Hall–Kier alpha value is -3.86. The number of anilines is 1. The second-order valence-electron chi connectivity index (χ2n) is 8.71. The molecule has 1 aliphatic heterocycles. The molecule has 0 saturated heterocycles. The molecule has 2 aromatic carbocycles. The maximum absolute atomic E-state index is 13.6. The number of aryl methyl sites for hydroxylation is 3. The normalized spacial score (nSPS) is 14.9. The van der Waals surface area contributed by atoms with Gasteiger partial charge in [-0.1, -0.05) is 35.4 Å². The maximum Gasteiger partial charge on any atom is 0.340 e. The van der Waals surface area contributed by atoms with E-state index in [1.807, 2.05) is 57.2 Å². The van der Waals surface area contributed by atoms with Crippen molar-refractivity contribution in [2.75, 3.05) is 11.5 Å². The first kappa shape index (κ1) is 23.3. The first-order valence-corrected chi connectivity index (χ1v) is 11.5. The lowest BCUT2D eigenvalue weighted by Crippen LogP contribution is -2.24. The minimum Gasteiger partial charge on any atom is -0.462 e. The molecule has 4 rings (SSSR count). The molecule has 0 spiro atoms. The summed E-state index contributed by atoms with van der Waals surface area (Å²) in [5, 5.41) is 0. The summed E-state index contributed by atoms with van der Waals surface area (Å²) in [5.74, 6) is -0.717. The molecule has 5 heteroatoms. The van der Waals surface area contributed by atoms with Crippen molar-refractivity contribution in [3.05, 3.63) is 99.5 Å². The molecule has 1 aliphatic rings. The van der Waals surface area contributed by atoms with Gasteiger partial charge in [0.2, 0.25) is 0 Å². The van der Waals surface area contributed by atoms with E-state index in [0.29, 0.717) is 16.8 Å². The van der Waals surface area contributed by atoms with Gasteiger partial charge in [0.15, 0.2) is 0 Å². The molecular weight excluding hydrogens is 424 g/mol. The van der Waals surface area contributed by atoms with Gasteiger partial charge in [-0.3, -0.25) is 9.69 Å². The number of carbonyl (C=O) groups is 2. The second-order valence-corrected chi connectivity index (χ2v) is 8.71. The van der Waals surface area contributed by atoms with Crippen LogP contribution >= 0.6 is 0 Å². The predicted octanol–water partition coefficient (Wildman–Crippen LogP) is 5.98. The number of allylic oxidation sites excluding steroid dienone is 1. The third-order valence-electron chi connectivity index (χ3n) is 6.23. The predicted molar refractivity (Wildman–Crippen MR) is 136 cm³/mol. The fourth-order valence-electron chi connectivity index (χ4n) is 4.47. The summed E-state index contributed by atoms with van der Waals surface area (Å²) in [7, 11) is 0. The van der Waals surface area contributed by atoms with Crippen molar-refractivity contribution in [2.45, 2.75) is 41.5 Å². The first-order chi connectivity index (χ1) is 16.2. The fraction of sp³-hybridized carbons (Fsp3) is 0.241. The summed E-state index contributed by atoms with van der Waals surface area (Å²) in [5.41, 5.74) is 8.25. The molecule has 0 atom stereocenters. The van der Waals surface area contributed by atoms with Crippen molar-refractivity contribution in [3.63, 3.8) is 0 Å². The van der Waals surface area contributed by atoms with E-state index in [-0.39, 0.29) is 12.5 Å². The van der Waals surface area contributed by atoms with E-state index in [1.54, 1.807) is 18.7 Å². The highest BCUT2D eigenvalue weighted by molar-refractivity contribution is 6.23. The number of hydrogen-bond donors (Lipinski definition) is 0. The Morgan fingerprint density at radius 3 is 2.00 bits per heavy atom. The SMILES string of the molecule is CCOC(=O)C1=C(C)N(c2ccc(C)cc2)C(=O)/C1=C\c1cc(C)n(-c2ccc(C)cc2)c1C. The maximum atomic E-state index is 13.6. The molecule has 3 aromatic rings. The van der Waals surface area contributed by atoms with E-state index >= 15 is 0 Å². The molecule has 0 N–H and O–H groups in total. The van der Waals surface area contributed by atoms with Crippen LogP contribution in [-0.2, 0) is 14.3 Å². The summed E-state index contributed by atoms with van der Waals surface area (Å²) >= 11 is 0. The molecule has 0 bridgehead atoms. The van der Waals surface area contributed by atoms with Gasteiger partial charge in [0.05, 0.1) is 17.8 Å². The van der Waals surface area contributed by atoms with Gasteiger partial charge < -0.3 is 9.30 Å². The van der Waals surface area contributed by atoms with E-state index in [9.17, 15) is 9.59 Å². The Kier molecular flexibility index (Phi) is 6.29. The van der Waals surface area contributed by atoms with Crippen LogP contribution < -0.4 is 4.90 Å². The van der Waals surface area contributed by atoms with Gasteiger partial charge >= 0.3 is 5.97 Å². The lowest BCUT2D eigenvalue weighted by molar-refractivity contribution is -0.138. The van der Waals surface area contributed by atoms with Crippen molar-refractivity contribution in [1.82, 2.24) is 4.57 Å². The summed E-state index contributed by atoms with van der Waals surface area (Å²) < 4.78 is 7.49. The van der Waals surface area contributed by atoms with E-state index in [1.165, 1.54) is 5.56 Å². The number of ether oxygens (including phenoxy) is 1. The zero-order valence-corrected chi connectivity index (χ0v) is 20.6. The molecule has 1 amide bonds. The van der Waals surface area contributed by atoms with Gasteiger partial charge in [-0.05, 0) is 83.5 Å². The topological polar surface area (TPSA) is 51.5 Å². The number of rotatable bonds is 5. The van der Waals surface area contributed by atoms with Crippen molar-refractivity contribution < 1.29 is 14.3 Å². The van der Waals surface area contributed by atoms with Gasteiger partial charge in [0.25, 0.3) is 5.91 Å². The molecule has 0 saturated carbocycles. The average molecular weight is 455 g/mol. The Bertz CT molecular complexity index is 1320. The Balaban J connectivity index is 1.84. The van der Waals surface area contributed by atoms with Gasteiger partial charge in [0.1, 0.15) is 0 Å². The van der Waals surface area contributed by atoms with Crippen LogP contribution in [-0.4, -0.2) is 23.1 Å². The Morgan fingerprint density at radius 1 is 0.882 bits per heavy atom. The van der Waals surface area contributed by atoms with Crippen molar-refractivity contribution in [2.24, 2.45) is 0 Å². The van der Waals surface area contributed by atoms with Crippen molar-refractivity contribution in [3.8, 4) is 5.69 Å². The minimum atomic E-state index is -0.485. The lowest BCUT2D eigenvalue weighted by Gasteiger charge is -2.18. The molecule has 5 nitrogen and oxygen atoms in total. The van der Waals surface area contributed by atoms with Crippen LogP contribution in [0, 0.1) is 27.7 Å². The van der Waals surface area contributed by atoms with Crippen LogP contribution in [0.3, 0.4) is 0 Å². The molecule has 0 aliphatic carbocycles. The summed E-state index contributed by atoms with van der Waals surface area (Å²) in [6.45, 7) is 11.9. The lowest BCUT2D eigenvalue weighted by atomic mass is 10.0. The standard InChI is InChI=1S/C29H30N2O3/c1-7-34-29(33)27-22(6)31(25-14-10-19(3)11-15-25)28(32)26(27)17-23-16-20(4)30(21(23)5)24-12-8-18(2)9-13-24/h8-17H,7H2,1-6H3/b26-17-. The third kappa shape index (κ3) is 4.10. The van der Waals surface area contributed by atoms with Gasteiger partial charge in [-0.15, -0.1) is 0 Å². The van der Waals surface area contributed by atoms with Crippen LogP contribution in [0.2, 0.25) is 0 Å². The highest BCUT2D eigenvalue weighted by Gasteiger charge is 2.38. The monoisotopic (exact) mass is 454 g/mol. The van der Waals surface area contributed by atoms with Crippen molar-refractivity contribution in [1.29, 1.82) is 0 Å². The molecule has 0 radical (unpaired) electrons. The van der Waals surface area contributed by atoms with E-state index in [0.717, 1.165) is 33.9 Å². The largest absolute Gasteiger partial charge is 0.462 e. The molecule has 1 aromatic heterocycles. The molecular formula is C29H30N2O3. The summed E-state index contributed by atoms with van der Waals surface area (Å²) in [6, 6.07) is 18.1. The number of hydrogen-bond acceptors (Lipinski definition) is 3. The van der Waals surface area contributed by atoms with Gasteiger partial charge in [-0.25, -0.2) is 4.79 Å². The van der Waals surface area contributed by atoms with Gasteiger partial charge in [-0.2, -0.15) is 0 Å². The highest BCUT2D eigenvalue weighted by Crippen LogP contribution is 2.36. The second kappa shape index (κ2) is 9.18. The molecule has 0 fully saturated rings. The zero-order chi connectivity index (χ0) is 24.6. The molecule has 2 heterocycles. The average Bonchev–Trinajstić information content (AvgIpc) is 3.21. The van der Waals surface area contributed by atoms with Gasteiger partial charge in [0, 0.05) is 28.5 Å². The number of esters is 1. The third-order valence-corrected chi connectivity index (χ3v) is 6.23. The van der Waals surface area contributed by atoms with Crippen LogP contribution in [0.1, 0.15) is 41.9 Å². The first-order valence-electron chi connectivity index (χ1n) is 11.5. The van der Waals surface area contributed by atoms with Crippen molar-refractivity contribution >= 4 is 23.6 Å². The van der Waals surface area contributed by atoms with Crippen LogP contribution in [0.4, 0.5) is 5.69 Å². The number of aromatic nitrogens is 1. The van der Waals surface area contributed by atoms with E-state index in [2.05, 4.69) is 35.8 Å². The quantitative estimate of drug-likeness (QED) is 0.352. The number of benzene rings is 2. The van der Waals surface area contributed by atoms with E-state index < -0.39 is 5.97 Å². The molecule has 174 valence electrons. The summed E-state index contributed by atoms with van der Waals surface area (Å²) in [4.78, 5) is 28.2. The number of amides is 1. The van der Waals surface area contributed by atoms with E-state index in [4.69, 9.17) is 4.74 Å². The fourth-order valence-corrected chi connectivity index (χ4v) is 4.47. The van der Waals surface area contributed by atoms with Crippen LogP contribution in [0.25, 0.3) is 11.8 Å². The molecule has 34 heavy (non-hydrogen) atoms. The Morgan fingerprint density at radius 2 is 1.44 bits per heavy atom.